The van der Waals surface area contributed by atoms with Crippen LogP contribution >= 0.6 is 0 Å². The zero-order valence-electron chi connectivity index (χ0n) is 10.4. The summed E-state index contributed by atoms with van der Waals surface area (Å²) in [4.78, 5) is 14.0. The number of hydrogen-bond donors (Lipinski definition) is 1. The standard InChI is InChI=1S/C12H21N3O2/c1-17-9-8-15(7-3-5-13)12(16)11-4-2-6-14-10-11/h11,14H,2-4,6-10H2,1H3. The molecule has 0 radical (unpaired) electrons. The van der Waals surface area contributed by atoms with Gasteiger partial charge in [0.25, 0.3) is 0 Å². The fourth-order valence-corrected chi connectivity index (χ4v) is 2.04. The molecule has 0 aromatic heterocycles. The van der Waals surface area contributed by atoms with E-state index in [1.54, 1.807) is 12.0 Å². The van der Waals surface area contributed by atoms with Crippen molar-refractivity contribution >= 4 is 5.91 Å². The SMILES string of the molecule is COCCN(CCC#N)C(=O)C1CCCNC1. The third-order valence-electron chi connectivity index (χ3n) is 3.02. The minimum absolute atomic E-state index is 0.0688. The molecule has 0 bridgehead atoms. The molecule has 1 amide bonds. The number of carbonyl (C=O) groups excluding carboxylic acids is 1. The highest BCUT2D eigenvalue weighted by Crippen LogP contribution is 2.13. The van der Waals surface area contributed by atoms with Crippen molar-refractivity contribution in [3.05, 3.63) is 0 Å². The zero-order chi connectivity index (χ0) is 12.5. The number of nitrogens with zero attached hydrogens (tertiary/aromatic N) is 2. The number of ether oxygens (including phenoxy) is 1. The number of amides is 1. The molecule has 1 unspecified atom stereocenters. The van der Waals surface area contributed by atoms with Crippen LogP contribution in [0.2, 0.25) is 0 Å². The van der Waals surface area contributed by atoms with Crippen LogP contribution < -0.4 is 5.32 Å². The van der Waals surface area contributed by atoms with E-state index in [4.69, 9.17) is 10.00 Å². The number of piperidine rings is 1. The van der Waals surface area contributed by atoms with Crippen LogP contribution in [0.25, 0.3) is 0 Å². The summed E-state index contributed by atoms with van der Waals surface area (Å²) in [5.41, 5.74) is 0. The molecular formula is C12H21N3O2. The summed E-state index contributed by atoms with van der Waals surface area (Å²) >= 11 is 0. The van der Waals surface area contributed by atoms with Crippen molar-refractivity contribution in [3.63, 3.8) is 0 Å². The smallest absolute Gasteiger partial charge is 0.227 e. The first-order chi connectivity index (χ1) is 8.29. The third-order valence-corrected chi connectivity index (χ3v) is 3.02. The Hall–Kier alpha value is -1.12. The summed E-state index contributed by atoms with van der Waals surface area (Å²) in [6, 6.07) is 2.08. The molecule has 5 heteroatoms. The summed E-state index contributed by atoms with van der Waals surface area (Å²) < 4.78 is 5.00. The Morgan fingerprint density at radius 2 is 2.41 bits per heavy atom. The average Bonchev–Trinajstić information content (AvgIpc) is 2.39. The molecule has 1 atom stereocenters. The second-order valence-electron chi connectivity index (χ2n) is 4.27. The molecule has 0 spiro atoms. The van der Waals surface area contributed by atoms with E-state index in [9.17, 15) is 4.79 Å². The molecule has 1 saturated heterocycles. The van der Waals surface area contributed by atoms with E-state index in [0.29, 0.717) is 26.1 Å². The van der Waals surface area contributed by atoms with Crippen molar-refractivity contribution in [1.29, 1.82) is 5.26 Å². The Balaban J connectivity index is 2.47. The van der Waals surface area contributed by atoms with Crippen LogP contribution in [-0.2, 0) is 9.53 Å². The number of carbonyl (C=O) groups is 1. The molecule has 17 heavy (non-hydrogen) atoms. The number of rotatable bonds is 6. The summed E-state index contributed by atoms with van der Waals surface area (Å²) in [6.07, 6.45) is 2.38. The first kappa shape index (κ1) is 13.9. The van der Waals surface area contributed by atoms with Gasteiger partial charge in [-0.25, -0.2) is 0 Å². The quantitative estimate of drug-likeness (QED) is 0.727. The van der Waals surface area contributed by atoms with Crippen LogP contribution in [0.3, 0.4) is 0 Å². The molecule has 0 aliphatic carbocycles. The minimum Gasteiger partial charge on any atom is -0.383 e. The topological polar surface area (TPSA) is 65.4 Å². The van der Waals surface area contributed by atoms with Crippen LogP contribution in [0.15, 0.2) is 0 Å². The molecule has 1 N–H and O–H groups in total. The first-order valence-corrected chi connectivity index (χ1v) is 6.15. The number of hydrogen-bond acceptors (Lipinski definition) is 4. The Morgan fingerprint density at radius 3 is 3.00 bits per heavy atom. The Kier molecular flexibility index (Phi) is 6.60. The molecule has 1 rings (SSSR count). The maximum absolute atomic E-state index is 12.2. The molecule has 96 valence electrons. The molecule has 1 fully saturated rings. The lowest BCUT2D eigenvalue weighted by molar-refractivity contribution is -0.136. The monoisotopic (exact) mass is 239 g/mol. The lowest BCUT2D eigenvalue weighted by Gasteiger charge is -2.29. The van der Waals surface area contributed by atoms with E-state index in [1.165, 1.54) is 0 Å². The van der Waals surface area contributed by atoms with Crippen molar-refractivity contribution in [1.82, 2.24) is 10.2 Å². The molecule has 0 saturated carbocycles. The Morgan fingerprint density at radius 1 is 1.59 bits per heavy atom. The van der Waals surface area contributed by atoms with Gasteiger partial charge in [-0.2, -0.15) is 5.26 Å². The fourth-order valence-electron chi connectivity index (χ4n) is 2.04. The minimum atomic E-state index is 0.0688. The van der Waals surface area contributed by atoms with E-state index in [0.717, 1.165) is 25.9 Å². The van der Waals surface area contributed by atoms with Crippen LogP contribution in [0, 0.1) is 17.2 Å². The van der Waals surface area contributed by atoms with Gasteiger partial charge in [-0.3, -0.25) is 4.79 Å². The van der Waals surface area contributed by atoms with Crippen LogP contribution in [-0.4, -0.2) is 50.7 Å². The summed E-state index contributed by atoms with van der Waals surface area (Å²) in [6.45, 7) is 3.37. The van der Waals surface area contributed by atoms with Crippen molar-refractivity contribution in [2.75, 3.05) is 39.9 Å². The van der Waals surface area contributed by atoms with Gasteiger partial charge < -0.3 is 15.0 Å². The van der Waals surface area contributed by atoms with E-state index >= 15 is 0 Å². The molecule has 1 aliphatic rings. The van der Waals surface area contributed by atoms with Crippen molar-refractivity contribution in [3.8, 4) is 6.07 Å². The molecule has 1 aliphatic heterocycles. The molecular weight excluding hydrogens is 218 g/mol. The van der Waals surface area contributed by atoms with E-state index in [-0.39, 0.29) is 11.8 Å². The van der Waals surface area contributed by atoms with E-state index in [2.05, 4.69) is 11.4 Å². The van der Waals surface area contributed by atoms with Crippen LogP contribution in [0.5, 0.6) is 0 Å². The van der Waals surface area contributed by atoms with Crippen molar-refractivity contribution in [2.24, 2.45) is 5.92 Å². The van der Waals surface area contributed by atoms with Gasteiger partial charge in [0.05, 0.1) is 25.0 Å². The molecule has 0 aromatic carbocycles. The highest BCUT2D eigenvalue weighted by Gasteiger charge is 2.25. The molecule has 0 aromatic rings. The number of methoxy groups -OCH3 is 1. The normalized spacial score (nSPS) is 19.6. The predicted molar refractivity (Wildman–Crippen MR) is 64.3 cm³/mol. The van der Waals surface area contributed by atoms with Gasteiger partial charge in [0.15, 0.2) is 0 Å². The largest absolute Gasteiger partial charge is 0.383 e. The third kappa shape index (κ3) is 4.72. The first-order valence-electron chi connectivity index (χ1n) is 6.15. The maximum Gasteiger partial charge on any atom is 0.227 e. The van der Waals surface area contributed by atoms with Crippen molar-refractivity contribution in [2.45, 2.75) is 19.3 Å². The van der Waals surface area contributed by atoms with Gasteiger partial charge in [0.2, 0.25) is 5.91 Å². The van der Waals surface area contributed by atoms with E-state index < -0.39 is 0 Å². The summed E-state index contributed by atoms with van der Waals surface area (Å²) in [7, 11) is 1.62. The second kappa shape index (κ2) is 8.04. The van der Waals surface area contributed by atoms with Gasteiger partial charge in [-0.1, -0.05) is 0 Å². The van der Waals surface area contributed by atoms with Gasteiger partial charge in [0, 0.05) is 26.7 Å². The molecule has 5 nitrogen and oxygen atoms in total. The van der Waals surface area contributed by atoms with Gasteiger partial charge in [-0.05, 0) is 19.4 Å². The zero-order valence-corrected chi connectivity index (χ0v) is 10.4. The Labute approximate surface area is 103 Å². The summed E-state index contributed by atoms with van der Waals surface area (Å²) in [5.74, 6) is 0.226. The highest BCUT2D eigenvalue weighted by atomic mass is 16.5. The van der Waals surface area contributed by atoms with E-state index in [1.807, 2.05) is 0 Å². The predicted octanol–water partition coefficient (Wildman–Crippen LogP) is 0.375. The van der Waals surface area contributed by atoms with Gasteiger partial charge in [-0.15, -0.1) is 0 Å². The second-order valence-corrected chi connectivity index (χ2v) is 4.27. The lowest BCUT2D eigenvalue weighted by Crippen LogP contribution is -2.44. The average molecular weight is 239 g/mol. The maximum atomic E-state index is 12.2. The highest BCUT2D eigenvalue weighted by molar-refractivity contribution is 5.79. The summed E-state index contributed by atoms with van der Waals surface area (Å²) in [5, 5.41) is 11.8. The van der Waals surface area contributed by atoms with Crippen LogP contribution in [0.4, 0.5) is 0 Å². The van der Waals surface area contributed by atoms with Crippen molar-refractivity contribution < 1.29 is 9.53 Å². The fraction of sp³-hybridized carbons (Fsp3) is 0.833. The van der Waals surface area contributed by atoms with Gasteiger partial charge >= 0.3 is 0 Å². The van der Waals surface area contributed by atoms with Gasteiger partial charge in [0.1, 0.15) is 0 Å². The molecule has 1 heterocycles. The van der Waals surface area contributed by atoms with Crippen LogP contribution in [0.1, 0.15) is 19.3 Å². The Bertz CT molecular complexity index is 269. The number of nitriles is 1. The lowest BCUT2D eigenvalue weighted by atomic mass is 9.98. The number of nitrogens with one attached hydrogen (secondary N) is 1.